The van der Waals surface area contributed by atoms with Crippen molar-refractivity contribution >= 4 is 74.7 Å². The number of carbonyl (C=O) groups excluding carboxylic acids is 5. The molecule has 1 fully saturated rings. The van der Waals surface area contributed by atoms with Crippen LogP contribution in [0.3, 0.4) is 0 Å². The lowest BCUT2D eigenvalue weighted by molar-refractivity contribution is -0.122. The summed E-state index contributed by atoms with van der Waals surface area (Å²) in [5.41, 5.74) is 0.951. The lowest BCUT2D eigenvalue weighted by Gasteiger charge is -2.26. The van der Waals surface area contributed by atoms with Crippen molar-refractivity contribution in [1.82, 2.24) is 5.32 Å². The lowest BCUT2D eigenvalue weighted by Crippen LogP contribution is -2.54. The van der Waals surface area contributed by atoms with Gasteiger partial charge in [-0.3, -0.25) is 19.7 Å². The van der Waals surface area contributed by atoms with Crippen LogP contribution in [0.1, 0.15) is 22.8 Å². The minimum Gasteiger partial charge on any atom is -0.490 e. The third-order valence-corrected chi connectivity index (χ3v) is 6.61. The Morgan fingerprint density at radius 2 is 1.71 bits per heavy atom. The molecule has 0 aromatic heterocycles. The summed E-state index contributed by atoms with van der Waals surface area (Å²) < 4.78 is 16.5. The molecular formula is C29H23BrClN3O8. The minimum atomic E-state index is -0.940. The molecule has 42 heavy (non-hydrogen) atoms. The number of halogens is 2. The molecule has 3 aromatic rings. The molecule has 4 rings (SSSR count). The zero-order valence-corrected chi connectivity index (χ0v) is 24.6. The Morgan fingerprint density at radius 3 is 2.36 bits per heavy atom. The summed E-state index contributed by atoms with van der Waals surface area (Å²) in [5.74, 6) is -2.30. The third-order valence-electron chi connectivity index (χ3n) is 5.77. The van der Waals surface area contributed by atoms with Crippen molar-refractivity contribution in [2.45, 2.75) is 6.92 Å². The molecule has 2 N–H and O–H groups in total. The van der Waals surface area contributed by atoms with Crippen LogP contribution in [0.2, 0.25) is 5.02 Å². The molecule has 0 aliphatic carbocycles. The number of benzene rings is 3. The molecule has 0 unspecified atom stereocenters. The van der Waals surface area contributed by atoms with Crippen molar-refractivity contribution in [3.63, 3.8) is 0 Å². The molecule has 216 valence electrons. The maximum Gasteiger partial charge on any atom is 0.337 e. The van der Waals surface area contributed by atoms with Gasteiger partial charge in [0.1, 0.15) is 5.57 Å². The van der Waals surface area contributed by atoms with Crippen LogP contribution in [0.25, 0.3) is 6.08 Å². The van der Waals surface area contributed by atoms with Crippen LogP contribution in [0, 0.1) is 0 Å². The van der Waals surface area contributed by atoms with Gasteiger partial charge in [0.15, 0.2) is 18.1 Å². The van der Waals surface area contributed by atoms with E-state index in [4.69, 9.17) is 21.1 Å². The second-order valence-corrected chi connectivity index (χ2v) is 9.89. The monoisotopic (exact) mass is 655 g/mol. The van der Waals surface area contributed by atoms with E-state index in [1.807, 2.05) is 0 Å². The van der Waals surface area contributed by atoms with Crippen molar-refractivity contribution in [3.8, 4) is 11.5 Å². The van der Waals surface area contributed by atoms with Crippen molar-refractivity contribution in [2.75, 3.05) is 30.5 Å². The molecule has 0 bridgehead atoms. The number of methoxy groups -OCH3 is 1. The molecule has 1 heterocycles. The van der Waals surface area contributed by atoms with E-state index in [-0.39, 0.29) is 41.5 Å². The predicted octanol–water partition coefficient (Wildman–Crippen LogP) is 4.97. The molecule has 1 saturated heterocycles. The Bertz CT molecular complexity index is 1590. The quantitative estimate of drug-likeness (QED) is 0.187. The van der Waals surface area contributed by atoms with E-state index in [0.717, 1.165) is 4.90 Å². The topological polar surface area (TPSA) is 140 Å². The number of barbiturate groups is 1. The highest BCUT2D eigenvalue weighted by Crippen LogP contribution is 2.38. The molecule has 13 heteroatoms. The Labute approximate surface area is 253 Å². The van der Waals surface area contributed by atoms with Gasteiger partial charge in [-0.25, -0.2) is 14.5 Å². The van der Waals surface area contributed by atoms with Crippen LogP contribution in [0.4, 0.5) is 16.2 Å². The van der Waals surface area contributed by atoms with Gasteiger partial charge in [-0.05, 0) is 95.2 Å². The molecule has 0 radical (unpaired) electrons. The standard InChI is InChI=1S/C29H23BrClN3O8/c1-3-41-23-14-16(13-22(30)25(23)42-15-24(35)32-19-8-6-18(31)7-9-19)12-21-26(36)33-29(39)34(27(21)37)20-10-4-17(5-11-20)28(38)40-2/h4-14H,3,15H2,1-2H3,(H,32,35)(H,33,36,39)/b21-12+. The number of hydrogen-bond donors (Lipinski definition) is 2. The summed E-state index contributed by atoms with van der Waals surface area (Å²) in [6.07, 6.45) is 1.30. The van der Waals surface area contributed by atoms with Gasteiger partial charge in [-0.1, -0.05) is 11.6 Å². The van der Waals surface area contributed by atoms with Crippen LogP contribution in [0.15, 0.2) is 70.7 Å². The van der Waals surface area contributed by atoms with Gasteiger partial charge in [-0.15, -0.1) is 0 Å². The number of anilines is 2. The summed E-state index contributed by atoms with van der Waals surface area (Å²) in [6.45, 7) is 1.67. The number of urea groups is 1. The second kappa shape index (κ2) is 13.3. The number of carbonyl (C=O) groups is 5. The van der Waals surface area contributed by atoms with E-state index in [1.54, 1.807) is 37.3 Å². The van der Waals surface area contributed by atoms with Crippen molar-refractivity contribution in [3.05, 3.63) is 86.9 Å². The molecule has 0 atom stereocenters. The van der Waals surface area contributed by atoms with E-state index in [2.05, 4.69) is 31.3 Å². The summed E-state index contributed by atoms with van der Waals surface area (Å²) in [5, 5.41) is 5.37. The highest BCUT2D eigenvalue weighted by atomic mass is 79.9. The molecule has 11 nitrogen and oxygen atoms in total. The van der Waals surface area contributed by atoms with Gasteiger partial charge < -0.3 is 19.5 Å². The number of ether oxygens (including phenoxy) is 3. The SMILES string of the molecule is CCOc1cc(/C=C2\C(=O)NC(=O)N(c3ccc(C(=O)OC)cc3)C2=O)cc(Br)c1OCC(=O)Nc1ccc(Cl)cc1. The molecule has 5 amide bonds. The Balaban J connectivity index is 1.57. The average molecular weight is 657 g/mol. The van der Waals surface area contributed by atoms with Gasteiger partial charge in [0, 0.05) is 10.7 Å². The highest BCUT2D eigenvalue weighted by Gasteiger charge is 2.37. The van der Waals surface area contributed by atoms with Crippen molar-refractivity contribution in [2.24, 2.45) is 0 Å². The van der Waals surface area contributed by atoms with Gasteiger partial charge >= 0.3 is 12.0 Å². The molecule has 1 aliphatic heterocycles. The zero-order valence-electron chi connectivity index (χ0n) is 22.2. The van der Waals surface area contributed by atoms with E-state index in [0.29, 0.717) is 20.7 Å². The number of amides is 5. The fraction of sp³-hybridized carbons (Fsp3) is 0.138. The van der Waals surface area contributed by atoms with Crippen LogP contribution in [0.5, 0.6) is 11.5 Å². The molecule has 3 aromatic carbocycles. The van der Waals surface area contributed by atoms with Crippen molar-refractivity contribution in [1.29, 1.82) is 0 Å². The fourth-order valence-electron chi connectivity index (χ4n) is 3.87. The smallest absolute Gasteiger partial charge is 0.337 e. The van der Waals surface area contributed by atoms with Crippen LogP contribution < -0.4 is 25.0 Å². The van der Waals surface area contributed by atoms with Gasteiger partial charge in [0.05, 0.1) is 29.4 Å². The van der Waals surface area contributed by atoms with Gasteiger partial charge in [0.2, 0.25) is 0 Å². The first-order valence-electron chi connectivity index (χ1n) is 12.4. The zero-order chi connectivity index (χ0) is 30.4. The molecular weight excluding hydrogens is 634 g/mol. The average Bonchev–Trinajstić information content (AvgIpc) is 2.96. The van der Waals surface area contributed by atoms with E-state index in [1.165, 1.54) is 43.5 Å². The van der Waals surface area contributed by atoms with Gasteiger partial charge in [0.25, 0.3) is 17.7 Å². The number of nitrogens with one attached hydrogen (secondary N) is 2. The van der Waals surface area contributed by atoms with E-state index >= 15 is 0 Å². The van der Waals surface area contributed by atoms with Gasteiger partial charge in [-0.2, -0.15) is 0 Å². The highest BCUT2D eigenvalue weighted by molar-refractivity contribution is 9.10. The molecule has 0 spiro atoms. The summed E-state index contributed by atoms with van der Waals surface area (Å²) in [7, 11) is 1.23. The number of esters is 1. The second-order valence-electron chi connectivity index (χ2n) is 8.60. The number of imide groups is 2. The Morgan fingerprint density at radius 1 is 1.02 bits per heavy atom. The van der Waals surface area contributed by atoms with Crippen LogP contribution >= 0.6 is 27.5 Å². The van der Waals surface area contributed by atoms with Crippen LogP contribution in [-0.2, 0) is 19.1 Å². The fourth-order valence-corrected chi connectivity index (χ4v) is 4.57. The van der Waals surface area contributed by atoms with E-state index < -0.39 is 29.7 Å². The number of hydrogen-bond acceptors (Lipinski definition) is 8. The lowest BCUT2D eigenvalue weighted by atomic mass is 10.1. The molecule has 1 aliphatic rings. The Hall–Kier alpha value is -4.68. The first kappa shape index (κ1) is 30.3. The number of nitrogens with zero attached hydrogens (tertiary/aromatic N) is 1. The molecule has 0 saturated carbocycles. The summed E-state index contributed by atoms with van der Waals surface area (Å²) >= 11 is 9.27. The van der Waals surface area contributed by atoms with E-state index in [9.17, 15) is 24.0 Å². The largest absolute Gasteiger partial charge is 0.490 e. The maximum absolute atomic E-state index is 13.3. The predicted molar refractivity (Wildman–Crippen MR) is 158 cm³/mol. The minimum absolute atomic E-state index is 0.139. The first-order chi connectivity index (χ1) is 20.1. The Kier molecular flexibility index (Phi) is 9.60. The maximum atomic E-state index is 13.3. The third kappa shape index (κ3) is 6.96. The van der Waals surface area contributed by atoms with Crippen molar-refractivity contribution < 1.29 is 38.2 Å². The number of rotatable bonds is 9. The normalized spacial score (nSPS) is 14.0. The van der Waals surface area contributed by atoms with Crippen LogP contribution in [-0.4, -0.2) is 50.0 Å². The summed E-state index contributed by atoms with van der Waals surface area (Å²) in [6, 6.07) is 14.3. The first-order valence-corrected chi connectivity index (χ1v) is 13.5. The summed E-state index contributed by atoms with van der Waals surface area (Å²) in [4.78, 5) is 63.4.